The van der Waals surface area contributed by atoms with Crippen LogP contribution >= 0.6 is 0 Å². The lowest BCUT2D eigenvalue weighted by molar-refractivity contribution is -0.122. The zero-order chi connectivity index (χ0) is 10.8. The first-order valence-electron chi connectivity index (χ1n) is 5.74. The fraction of sp³-hybridized carbons (Fsp3) is 0.667. The third-order valence-electron chi connectivity index (χ3n) is 3.23. The van der Waals surface area contributed by atoms with Crippen LogP contribution in [-0.2, 0) is 17.8 Å². The smallest absolute Gasteiger partial charge is 0.140 e. The average molecular weight is 206 g/mol. The predicted octanol–water partition coefficient (Wildman–Crippen LogP) is 2.06. The minimum atomic E-state index is 0.245. The molecule has 82 valence electrons. The number of carbonyl (C=O) groups is 1. The monoisotopic (exact) mass is 206 g/mol. The van der Waals surface area contributed by atoms with Crippen LogP contribution in [0.15, 0.2) is 12.4 Å². The molecule has 1 saturated carbocycles. The Morgan fingerprint density at radius 1 is 1.67 bits per heavy atom. The normalized spacial score (nSPS) is 17.7. The van der Waals surface area contributed by atoms with E-state index in [1.807, 2.05) is 17.8 Å². The molecular weight excluding hydrogens is 188 g/mol. The van der Waals surface area contributed by atoms with Crippen molar-refractivity contribution in [3.8, 4) is 0 Å². The molecule has 1 heterocycles. The van der Waals surface area contributed by atoms with Gasteiger partial charge < -0.3 is 0 Å². The maximum Gasteiger partial charge on any atom is 0.140 e. The van der Waals surface area contributed by atoms with E-state index in [9.17, 15) is 4.79 Å². The summed E-state index contributed by atoms with van der Waals surface area (Å²) in [4.78, 5) is 11.9. The summed E-state index contributed by atoms with van der Waals surface area (Å²) in [6.45, 7) is 4.97. The second kappa shape index (κ2) is 4.17. The Bertz CT molecular complexity index is 352. The number of nitrogens with zero attached hydrogens (tertiary/aromatic N) is 2. The minimum Gasteiger partial charge on any atom is -0.299 e. The van der Waals surface area contributed by atoms with Gasteiger partial charge in [-0.25, -0.2) is 0 Å². The first kappa shape index (κ1) is 10.4. The molecule has 3 nitrogen and oxygen atoms in total. The molecule has 1 aromatic rings. The van der Waals surface area contributed by atoms with Crippen molar-refractivity contribution in [2.45, 2.75) is 39.7 Å². The highest BCUT2D eigenvalue weighted by molar-refractivity contribution is 5.83. The number of rotatable bonds is 5. The second-order valence-electron chi connectivity index (χ2n) is 4.47. The van der Waals surface area contributed by atoms with Gasteiger partial charge in [0.25, 0.3) is 0 Å². The fourth-order valence-electron chi connectivity index (χ4n) is 1.89. The highest BCUT2D eigenvalue weighted by atomic mass is 16.1. The van der Waals surface area contributed by atoms with Crippen LogP contribution in [0.3, 0.4) is 0 Å². The molecule has 0 spiro atoms. The number of hydrogen-bond acceptors (Lipinski definition) is 2. The number of aryl methyl sites for hydroxylation is 1. The molecule has 0 bridgehead atoms. The van der Waals surface area contributed by atoms with Crippen molar-refractivity contribution in [1.29, 1.82) is 0 Å². The van der Waals surface area contributed by atoms with Crippen LogP contribution in [-0.4, -0.2) is 15.6 Å². The zero-order valence-corrected chi connectivity index (χ0v) is 9.44. The molecule has 15 heavy (non-hydrogen) atoms. The molecule has 1 aliphatic carbocycles. The maximum absolute atomic E-state index is 11.9. The second-order valence-corrected chi connectivity index (χ2v) is 4.47. The molecule has 1 fully saturated rings. The lowest BCUT2D eigenvalue weighted by Gasteiger charge is -2.06. The van der Waals surface area contributed by atoms with Gasteiger partial charge in [0.2, 0.25) is 0 Å². The average Bonchev–Trinajstić information content (AvgIpc) is 2.98. The SMILES string of the molecule is CCn1cc(CC(=O)C(C)C2CC2)cn1. The van der Waals surface area contributed by atoms with E-state index in [2.05, 4.69) is 12.0 Å². The summed E-state index contributed by atoms with van der Waals surface area (Å²) in [6.07, 6.45) is 6.80. The van der Waals surface area contributed by atoms with Crippen molar-refractivity contribution in [3.63, 3.8) is 0 Å². The van der Waals surface area contributed by atoms with Gasteiger partial charge in [0, 0.05) is 25.1 Å². The Kier molecular flexibility index (Phi) is 2.89. The minimum absolute atomic E-state index is 0.245. The Labute approximate surface area is 90.5 Å². The first-order chi connectivity index (χ1) is 7.20. The number of carbonyl (C=O) groups excluding carboxylic acids is 1. The van der Waals surface area contributed by atoms with Gasteiger partial charge >= 0.3 is 0 Å². The lowest BCUT2D eigenvalue weighted by atomic mass is 9.97. The molecule has 1 atom stereocenters. The predicted molar refractivity (Wildman–Crippen MR) is 58.5 cm³/mol. The molecule has 2 rings (SSSR count). The van der Waals surface area contributed by atoms with Gasteiger partial charge in [-0.1, -0.05) is 6.92 Å². The molecule has 1 unspecified atom stereocenters. The molecule has 0 N–H and O–H groups in total. The quantitative estimate of drug-likeness (QED) is 0.739. The van der Waals surface area contributed by atoms with Gasteiger partial charge in [0.1, 0.15) is 5.78 Å². The van der Waals surface area contributed by atoms with Gasteiger partial charge in [0.05, 0.1) is 6.20 Å². The van der Waals surface area contributed by atoms with E-state index in [0.717, 1.165) is 12.1 Å². The summed E-state index contributed by atoms with van der Waals surface area (Å²) in [5.74, 6) is 1.28. The van der Waals surface area contributed by atoms with Gasteiger partial charge in [-0.15, -0.1) is 0 Å². The van der Waals surface area contributed by atoms with Crippen LogP contribution in [0.25, 0.3) is 0 Å². The molecule has 1 aliphatic rings. The van der Waals surface area contributed by atoms with Crippen molar-refractivity contribution in [1.82, 2.24) is 9.78 Å². The van der Waals surface area contributed by atoms with E-state index in [1.165, 1.54) is 12.8 Å². The topological polar surface area (TPSA) is 34.9 Å². The molecule has 1 aromatic heterocycles. The van der Waals surface area contributed by atoms with Crippen LogP contribution in [0, 0.1) is 11.8 Å². The van der Waals surface area contributed by atoms with Crippen molar-refractivity contribution >= 4 is 5.78 Å². The number of ketones is 1. The Balaban J connectivity index is 1.92. The summed E-state index contributed by atoms with van der Waals surface area (Å²) in [6, 6.07) is 0. The van der Waals surface area contributed by atoms with Crippen LogP contribution in [0.4, 0.5) is 0 Å². The Morgan fingerprint density at radius 2 is 2.40 bits per heavy atom. The van der Waals surface area contributed by atoms with E-state index < -0.39 is 0 Å². The molecular formula is C12H18N2O. The zero-order valence-electron chi connectivity index (χ0n) is 9.44. The molecule has 0 radical (unpaired) electrons. The number of hydrogen-bond donors (Lipinski definition) is 0. The van der Waals surface area contributed by atoms with E-state index in [1.54, 1.807) is 6.20 Å². The van der Waals surface area contributed by atoms with Crippen LogP contribution in [0.1, 0.15) is 32.3 Å². The van der Waals surface area contributed by atoms with Gasteiger partial charge in [-0.2, -0.15) is 5.10 Å². The van der Waals surface area contributed by atoms with Gasteiger partial charge in [-0.05, 0) is 31.2 Å². The van der Waals surface area contributed by atoms with Crippen molar-refractivity contribution in [3.05, 3.63) is 18.0 Å². The standard InChI is InChI=1S/C12H18N2O/c1-3-14-8-10(7-13-14)6-12(15)9(2)11-4-5-11/h7-9,11H,3-6H2,1-2H3. The van der Waals surface area contributed by atoms with E-state index in [0.29, 0.717) is 18.1 Å². The summed E-state index contributed by atoms with van der Waals surface area (Å²) in [5.41, 5.74) is 1.05. The maximum atomic E-state index is 11.9. The highest BCUT2D eigenvalue weighted by Gasteiger charge is 2.32. The molecule has 3 heteroatoms. The number of Topliss-reactive ketones (excluding diaryl/α,β-unsaturated/α-hetero) is 1. The van der Waals surface area contributed by atoms with Crippen LogP contribution in [0.5, 0.6) is 0 Å². The largest absolute Gasteiger partial charge is 0.299 e. The molecule has 0 saturated heterocycles. The third-order valence-corrected chi connectivity index (χ3v) is 3.23. The van der Waals surface area contributed by atoms with Crippen molar-refractivity contribution in [2.75, 3.05) is 0 Å². The Hall–Kier alpha value is -1.12. The summed E-state index contributed by atoms with van der Waals surface area (Å²) in [7, 11) is 0. The Morgan fingerprint density at radius 3 is 2.93 bits per heavy atom. The van der Waals surface area contributed by atoms with Crippen molar-refractivity contribution in [2.24, 2.45) is 11.8 Å². The van der Waals surface area contributed by atoms with E-state index in [4.69, 9.17) is 0 Å². The van der Waals surface area contributed by atoms with Crippen LogP contribution in [0.2, 0.25) is 0 Å². The molecule has 0 aliphatic heterocycles. The molecule has 0 amide bonds. The van der Waals surface area contributed by atoms with Gasteiger partial charge in [-0.3, -0.25) is 9.48 Å². The highest BCUT2D eigenvalue weighted by Crippen LogP contribution is 2.37. The van der Waals surface area contributed by atoms with Crippen molar-refractivity contribution < 1.29 is 4.79 Å². The molecule has 0 aromatic carbocycles. The van der Waals surface area contributed by atoms with Gasteiger partial charge in [0.15, 0.2) is 0 Å². The summed E-state index contributed by atoms with van der Waals surface area (Å²) < 4.78 is 1.87. The lowest BCUT2D eigenvalue weighted by Crippen LogP contribution is -2.15. The summed E-state index contributed by atoms with van der Waals surface area (Å²) >= 11 is 0. The first-order valence-corrected chi connectivity index (χ1v) is 5.74. The van der Waals surface area contributed by atoms with E-state index in [-0.39, 0.29) is 5.92 Å². The third kappa shape index (κ3) is 2.46. The van der Waals surface area contributed by atoms with Crippen LogP contribution < -0.4 is 0 Å². The fourth-order valence-corrected chi connectivity index (χ4v) is 1.89. The number of aromatic nitrogens is 2. The summed E-state index contributed by atoms with van der Waals surface area (Å²) in [5, 5.41) is 4.17. The van der Waals surface area contributed by atoms with E-state index >= 15 is 0 Å².